The summed E-state index contributed by atoms with van der Waals surface area (Å²) >= 11 is 1.59. The fourth-order valence-corrected chi connectivity index (χ4v) is 3.34. The number of amides is 1. The van der Waals surface area contributed by atoms with Crippen LogP contribution in [0.2, 0.25) is 0 Å². The van der Waals surface area contributed by atoms with Crippen molar-refractivity contribution >= 4 is 17.2 Å². The van der Waals surface area contributed by atoms with Gasteiger partial charge in [-0.05, 0) is 19.8 Å². The maximum Gasteiger partial charge on any atom is 0.228 e. The number of rotatable bonds is 3. The van der Waals surface area contributed by atoms with Gasteiger partial charge in [0.15, 0.2) is 0 Å². The minimum atomic E-state index is 0.161. The van der Waals surface area contributed by atoms with Crippen LogP contribution in [0.3, 0.4) is 0 Å². The van der Waals surface area contributed by atoms with E-state index < -0.39 is 0 Å². The second kappa shape index (κ2) is 6.30. The van der Waals surface area contributed by atoms with E-state index in [2.05, 4.69) is 15.0 Å². The Labute approximate surface area is 128 Å². The smallest absolute Gasteiger partial charge is 0.228 e. The van der Waals surface area contributed by atoms with Crippen LogP contribution in [0.5, 0.6) is 0 Å². The Morgan fingerprint density at radius 3 is 3.10 bits per heavy atom. The van der Waals surface area contributed by atoms with E-state index in [9.17, 15) is 4.79 Å². The van der Waals surface area contributed by atoms with Gasteiger partial charge in [-0.25, -0.2) is 4.98 Å². The summed E-state index contributed by atoms with van der Waals surface area (Å²) in [7, 11) is 0. The van der Waals surface area contributed by atoms with Crippen LogP contribution >= 0.6 is 11.3 Å². The van der Waals surface area contributed by atoms with E-state index >= 15 is 0 Å². The Morgan fingerprint density at radius 1 is 1.48 bits per heavy atom. The minimum Gasteiger partial charge on any atom is -0.342 e. The second-order valence-electron chi connectivity index (χ2n) is 5.34. The van der Waals surface area contributed by atoms with Gasteiger partial charge in [-0.2, -0.15) is 0 Å². The van der Waals surface area contributed by atoms with Crippen molar-refractivity contribution in [1.29, 1.82) is 0 Å². The molecule has 0 radical (unpaired) electrons. The first kappa shape index (κ1) is 14.1. The Kier molecular flexibility index (Phi) is 4.24. The first-order valence-electron chi connectivity index (χ1n) is 7.17. The van der Waals surface area contributed by atoms with Crippen molar-refractivity contribution in [2.24, 2.45) is 0 Å². The minimum absolute atomic E-state index is 0.161. The van der Waals surface area contributed by atoms with E-state index in [-0.39, 0.29) is 5.91 Å². The lowest BCUT2D eigenvalue weighted by molar-refractivity contribution is -0.131. The predicted molar refractivity (Wildman–Crippen MR) is 81.1 cm³/mol. The predicted octanol–water partition coefficient (Wildman–Crippen LogP) is 2.19. The van der Waals surface area contributed by atoms with Gasteiger partial charge in [-0.1, -0.05) is 0 Å². The van der Waals surface area contributed by atoms with Gasteiger partial charge in [0.25, 0.3) is 0 Å². The summed E-state index contributed by atoms with van der Waals surface area (Å²) < 4.78 is 0. The number of likely N-dealkylation sites (tertiary alicyclic amines) is 1. The number of hydrogen-bond acceptors (Lipinski definition) is 5. The fourth-order valence-electron chi connectivity index (χ4n) is 2.72. The van der Waals surface area contributed by atoms with Crippen molar-refractivity contribution < 1.29 is 4.79 Å². The van der Waals surface area contributed by atoms with Gasteiger partial charge in [-0.15, -0.1) is 11.3 Å². The van der Waals surface area contributed by atoms with E-state index in [1.54, 1.807) is 23.7 Å². The number of aromatic nitrogens is 3. The van der Waals surface area contributed by atoms with Crippen molar-refractivity contribution in [3.8, 4) is 0 Å². The molecular weight excluding hydrogens is 284 g/mol. The molecule has 2 aromatic heterocycles. The molecule has 0 spiro atoms. The molecule has 0 saturated carbocycles. The summed E-state index contributed by atoms with van der Waals surface area (Å²) in [6, 6.07) is 0. The monoisotopic (exact) mass is 302 g/mol. The van der Waals surface area contributed by atoms with Crippen LogP contribution in [0.15, 0.2) is 24.0 Å². The fraction of sp³-hybridized carbons (Fsp3) is 0.467. The summed E-state index contributed by atoms with van der Waals surface area (Å²) in [6.45, 7) is 3.53. The molecule has 1 aliphatic rings. The molecule has 2 aromatic rings. The van der Waals surface area contributed by atoms with Gasteiger partial charge in [-0.3, -0.25) is 14.8 Å². The molecule has 0 aliphatic carbocycles. The van der Waals surface area contributed by atoms with Gasteiger partial charge in [0, 0.05) is 43.0 Å². The topological polar surface area (TPSA) is 59.0 Å². The zero-order valence-corrected chi connectivity index (χ0v) is 12.8. The molecule has 6 heteroatoms. The molecule has 21 heavy (non-hydrogen) atoms. The highest BCUT2D eigenvalue weighted by Gasteiger charge is 2.25. The molecule has 5 nitrogen and oxygen atoms in total. The van der Waals surface area contributed by atoms with Gasteiger partial charge < -0.3 is 4.90 Å². The molecule has 3 heterocycles. The Hall–Kier alpha value is -1.82. The third-order valence-corrected chi connectivity index (χ3v) is 4.60. The number of carbonyl (C=O) groups excluding carboxylic acids is 1. The summed E-state index contributed by atoms with van der Waals surface area (Å²) in [5.74, 6) is 0.461. The van der Waals surface area contributed by atoms with E-state index in [0.29, 0.717) is 12.3 Å². The zero-order chi connectivity index (χ0) is 14.7. The van der Waals surface area contributed by atoms with Crippen LogP contribution in [-0.2, 0) is 11.2 Å². The molecule has 3 rings (SSSR count). The number of nitrogens with zero attached hydrogens (tertiary/aromatic N) is 4. The van der Waals surface area contributed by atoms with Crippen LogP contribution in [0.1, 0.15) is 35.2 Å². The molecule has 1 amide bonds. The molecule has 1 saturated heterocycles. The number of thiazole rings is 1. The van der Waals surface area contributed by atoms with Crippen LogP contribution in [0.25, 0.3) is 0 Å². The lowest BCUT2D eigenvalue weighted by Crippen LogP contribution is -2.40. The highest BCUT2D eigenvalue weighted by atomic mass is 32.1. The van der Waals surface area contributed by atoms with Gasteiger partial charge in [0.05, 0.1) is 22.8 Å². The van der Waals surface area contributed by atoms with Crippen molar-refractivity contribution in [3.05, 3.63) is 40.4 Å². The van der Waals surface area contributed by atoms with E-state index in [1.165, 1.54) is 0 Å². The molecule has 110 valence electrons. The van der Waals surface area contributed by atoms with Crippen LogP contribution in [0.4, 0.5) is 0 Å². The molecule has 1 unspecified atom stereocenters. The third kappa shape index (κ3) is 3.44. The average Bonchev–Trinajstić information content (AvgIpc) is 2.93. The number of carbonyl (C=O) groups is 1. The number of hydrogen-bond donors (Lipinski definition) is 0. The van der Waals surface area contributed by atoms with Crippen LogP contribution < -0.4 is 0 Å². The van der Waals surface area contributed by atoms with Crippen LogP contribution in [-0.4, -0.2) is 38.8 Å². The van der Waals surface area contributed by atoms with Crippen molar-refractivity contribution in [1.82, 2.24) is 19.9 Å². The Morgan fingerprint density at radius 2 is 2.38 bits per heavy atom. The number of piperidine rings is 1. The molecule has 0 N–H and O–H groups in total. The standard InChI is InChI=1S/C15H18N4OS/c1-11-18-13(10-21-11)7-15(20)19-6-2-3-12(9-19)14-8-16-4-5-17-14/h4-5,8,10,12H,2-3,6-7,9H2,1H3. The normalized spacial score (nSPS) is 18.7. The number of aryl methyl sites for hydroxylation is 1. The van der Waals surface area contributed by atoms with Gasteiger partial charge in [0.2, 0.25) is 5.91 Å². The summed E-state index contributed by atoms with van der Waals surface area (Å²) in [5.41, 5.74) is 1.86. The lowest BCUT2D eigenvalue weighted by Gasteiger charge is -2.32. The largest absolute Gasteiger partial charge is 0.342 e. The van der Waals surface area contributed by atoms with Crippen LogP contribution in [0, 0.1) is 6.92 Å². The molecule has 0 bridgehead atoms. The van der Waals surface area contributed by atoms with E-state index in [0.717, 1.165) is 42.3 Å². The first-order chi connectivity index (χ1) is 10.2. The molecule has 1 fully saturated rings. The van der Waals surface area contributed by atoms with Crippen molar-refractivity contribution in [3.63, 3.8) is 0 Å². The average molecular weight is 302 g/mol. The molecule has 1 aliphatic heterocycles. The molecular formula is C15H18N4OS. The molecule has 0 aromatic carbocycles. The summed E-state index contributed by atoms with van der Waals surface area (Å²) in [6.07, 6.45) is 7.69. The quantitative estimate of drug-likeness (QED) is 0.872. The van der Waals surface area contributed by atoms with Gasteiger partial charge in [0.1, 0.15) is 0 Å². The summed E-state index contributed by atoms with van der Waals surface area (Å²) in [4.78, 5) is 27.2. The zero-order valence-electron chi connectivity index (χ0n) is 12.0. The van der Waals surface area contributed by atoms with Crippen molar-refractivity contribution in [2.45, 2.75) is 32.1 Å². The maximum atomic E-state index is 12.4. The highest BCUT2D eigenvalue weighted by molar-refractivity contribution is 7.09. The SMILES string of the molecule is Cc1nc(CC(=O)N2CCCC(c3cnccn3)C2)cs1. The molecule has 1 atom stereocenters. The van der Waals surface area contributed by atoms with Crippen molar-refractivity contribution in [2.75, 3.05) is 13.1 Å². The third-order valence-electron chi connectivity index (χ3n) is 3.77. The first-order valence-corrected chi connectivity index (χ1v) is 8.05. The highest BCUT2D eigenvalue weighted by Crippen LogP contribution is 2.25. The Balaban J connectivity index is 1.64. The van der Waals surface area contributed by atoms with E-state index in [4.69, 9.17) is 0 Å². The van der Waals surface area contributed by atoms with E-state index in [1.807, 2.05) is 23.4 Å². The lowest BCUT2D eigenvalue weighted by atomic mass is 9.95. The second-order valence-corrected chi connectivity index (χ2v) is 6.41. The maximum absolute atomic E-state index is 12.4. The Bertz CT molecular complexity index is 613. The summed E-state index contributed by atoms with van der Waals surface area (Å²) in [5, 5.41) is 2.98. The van der Waals surface area contributed by atoms with Gasteiger partial charge >= 0.3 is 0 Å².